The van der Waals surface area contributed by atoms with Crippen LogP contribution < -0.4 is 19.2 Å². The second-order valence-electron chi connectivity index (χ2n) is 17.6. The van der Waals surface area contributed by atoms with E-state index < -0.39 is 29.5 Å². The van der Waals surface area contributed by atoms with Gasteiger partial charge in [-0.3, -0.25) is 4.79 Å². The zero-order chi connectivity index (χ0) is 55.1. The van der Waals surface area contributed by atoms with Crippen molar-refractivity contribution in [3.05, 3.63) is 163 Å². The number of halogens is 2. The smallest absolute Gasteiger partial charge is 0.330 e. The van der Waals surface area contributed by atoms with E-state index in [4.69, 9.17) is 38.5 Å². The zero-order valence-electron chi connectivity index (χ0n) is 43.5. The summed E-state index contributed by atoms with van der Waals surface area (Å²) in [5.41, 5.74) is 4.54. The molecular weight excluding hydrogens is 1030 g/mol. The van der Waals surface area contributed by atoms with Gasteiger partial charge in [-0.25, -0.2) is 28.4 Å². The fourth-order valence-corrected chi connectivity index (χ4v) is 9.22. The molecule has 6 aromatic carbocycles. The summed E-state index contributed by atoms with van der Waals surface area (Å²) in [7, 11) is 0. The number of carbonyl (C=O) groups is 3. The minimum atomic E-state index is -0.653. The number of anilines is 1. The molecule has 404 valence electrons. The Bertz CT molecular complexity index is 3280. The van der Waals surface area contributed by atoms with Crippen molar-refractivity contribution in [2.24, 2.45) is 5.10 Å². The summed E-state index contributed by atoms with van der Waals surface area (Å²) in [5.74, 6) is 5.55. The molecule has 0 radical (unpaired) electrons. The molecule has 0 saturated carbocycles. The van der Waals surface area contributed by atoms with Crippen molar-refractivity contribution >= 4 is 74.2 Å². The lowest BCUT2D eigenvalue weighted by atomic mass is 9.93. The molecule has 0 spiro atoms. The van der Waals surface area contributed by atoms with Crippen molar-refractivity contribution in [3.63, 3.8) is 0 Å². The van der Waals surface area contributed by atoms with Gasteiger partial charge >= 0.3 is 17.9 Å². The average molecular weight is 1090 g/mol. The first-order valence-corrected chi connectivity index (χ1v) is 27.3. The van der Waals surface area contributed by atoms with Crippen molar-refractivity contribution in [1.29, 1.82) is 0 Å². The Kier molecular flexibility index (Phi) is 22.2. The van der Waals surface area contributed by atoms with Gasteiger partial charge in [0, 0.05) is 46.2 Å². The lowest BCUT2D eigenvalue weighted by Crippen LogP contribution is -2.18. The fraction of sp³-hybridized carbons (Fsp3) is 0.274. The largest absolute Gasteiger partial charge is 0.494 e. The molecule has 0 aliphatic carbocycles. The van der Waals surface area contributed by atoms with Gasteiger partial charge in [-0.05, 0) is 108 Å². The van der Waals surface area contributed by atoms with Gasteiger partial charge in [0.25, 0.3) is 0 Å². The van der Waals surface area contributed by atoms with E-state index in [0.717, 1.165) is 84.4 Å². The molecule has 0 amide bonds. The zero-order valence-corrected chi connectivity index (χ0v) is 45.2. The SMILES string of the molecule is C=CC(=O)OCCOc1cccc2sc(N(CCCCCCS)/N=C/c3cc(-c4ccc(OCCCCC)cc4)ccc3-c3ccc4c(F)c(C#Cc5ccc(OCCOC(=O)CCOC(=O)C=C)cc5)ccc4c3F)nc12. The number of hydrogen-bond acceptors (Lipinski definition) is 14. The third kappa shape index (κ3) is 16.5. The number of unbranched alkanes of at least 4 members (excludes halogenated alkanes) is 5. The number of nitrogens with zero attached hydrogens (tertiary/aromatic N) is 3. The van der Waals surface area contributed by atoms with Gasteiger partial charge in [0.05, 0.1) is 29.5 Å². The molecule has 0 saturated heterocycles. The average Bonchev–Trinajstić information content (AvgIpc) is 3.91. The highest BCUT2D eigenvalue weighted by atomic mass is 32.1. The minimum Gasteiger partial charge on any atom is -0.494 e. The summed E-state index contributed by atoms with van der Waals surface area (Å²) >= 11 is 5.86. The molecule has 0 N–H and O–H groups in total. The van der Waals surface area contributed by atoms with Crippen LogP contribution in [0.2, 0.25) is 0 Å². The van der Waals surface area contributed by atoms with Gasteiger partial charge in [-0.1, -0.05) is 111 Å². The third-order valence-electron chi connectivity index (χ3n) is 12.1. The van der Waals surface area contributed by atoms with Crippen LogP contribution in [-0.2, 0) is 28.6 Å². The Hall–Kier alpha value is -8.00. The summed E-state index contributed by atoms with van der Waals surface area (Å²) < 4.78 is 66.9. The number of esters is 3. The lowest BCUT2D eigenvalue weighted by Gasteiger charge is -2.17. The van der Waals surface area contributed by atoms with Crippen molar-refractivity contribution < 1.29 is 51.6 Å². The Labute approximate surface area is 463 Å². The number of fused-ring (bicyclic) bond motifs is 2. The number of benzene rings is 6. The van der Waals surface area contributed by atoms with Crippen LogP contribution >= 0.6 is 24.0 Å². The predicted molar refractivity (Wildman–Crippen MR) is 308 cm³/mol. The predicted octanol–water partition coefficient (Wildman–Crippen LogP) is 13.5. The van der Waals surface area contributed by atoms with Crippen LogP contribution in [0.15, 0.2) is 140 Å². The second-order valence-corrected chi connectivity index (χ2v) is 19.1. The van der Waals surface area contributed by atoms with Gasteiger partial charge in [-0.2, -0.15) is 17.7 Å². The molecule has 0 atom stereocenters. The molecule has 1 heterocycles. The first kappa shape index (κ1) is 57.7. The first-order valence-electron chi connectivity index (χ1n) is 25.8. The summed E-state index contributed by atoms with van der Waals surface area (Å²) in [5, 5.41) is 7.74. The molecule has 78 heavy (non-hydrogen) atoms. The minimum absolute atomic E-state index is 0.00588. The maximum absolute atomic E-state index is 17.1. The van der Waals surface area contributed by atoms with Crippen LogP contribution in [0.3, 0.4) is 0 Å². The van der Waals surface area contributed by atoms with E-state index in [-0.39, 0.29) is 61.4 Å². The number of hydrazone groups is 1. The van der Waals surface area contributed by atoms with Crippen molar-refractivity contribution in [2.75, 3.05) is 56.9 Å². The van der Waals surface area contributed by atoms with Crippen molar-refractivity contribution in [2.45, 2.75) is 58.3 Å². The van der Waals surface area contributed by atoms with E-state index >= 15 is 8.78 Å². The van der Waals surface area contributed by atoms with Crippen LogP contribution in [-0.4, -0.2) is 81.0 Å². The van der Waals surface area contributed by atoms with E-state index in [1.54, 1.807) is 48.7 Å². The van der Waals surface area contributed by atoms with Gasteiger partial charge in [-0.15, -0.1) is 0 Å². The van der Waals surface area contributed by atoms with Crippen LogP contribution in [0, 0.1) is 23.5 Å². The van der Waals surface area contributed by atoms with Crippen molar-refractivity contribution in [3.8, 4) is 51.3 Å². The number of hydrogen-bond donors (Lipinski definition) is 1. The quantitative estimate of drug-likeness (QED) is 0.00702. The molecule has 7 aromatic rings. The van der Waals surface area contributed by atoms with Crippen LogP contribution in [0.5, 0.6) is 17.2 Å². The van der Waals surface area contributed by atoms with Gasteiger partial charge < -0.3 is 28.4 Å². The van der Waals surface area contributed by atoms with Gasteiger partial charge in [0.15, 0.2) is 0 Å². The Morgan fingerprint density at radius 3 is 2.10 bits per heavy atom. The summed E-state index contributed by atoms with van der Waals surface area (Å²) in [6, 6.07) is 32.3. The normalized spacial score (nSPS) is 11.0. The molecule has 1 aromatic heterocycles. The molecule has 0 bridgehead atoms. The molecule has 7 rings (SSSR count). The summed E-state index contributed by atoms with van der Waals surface area (Å²) in [6.07, 6.45) is 10.7. The number of rotatable bonds is 29. The van der Waals surface area contributed by atoms with E-state index in [0.29, 0.717) is 52.0 Å². The Morgan fingerprint density at radius 1 is 0.679 bits per heavy atom. The molecule has 12 nitrogen and oxygen atoms in total. The number of thiol groups is 1. The monoisotopic (exact) mass is 1090 g/mol. The Balaban J connectivity index is 1.15. The summed E-state index contributed by atoms with van der Waals surface area (Å²) in [4.78, 5) is 39.6. The topological polar surface area (TPSA) is 135 Å². The standard InChI is InChI=1S/C62H61F2N3O9S2/c1-4-7-11-34-71-49-26-20-44(21-27-49)46-23-28-50(47(41-46)42-65-67(33-10-8-9-12-40-77)62-66-61-54(14-13-15-55(61)78-62)73-37-39-75-57(69)6-3)51-30-31-52-53(60(51)64)29-22-45(59(52)63)19-16-43-17-24-48(25-18-43)72-36-38-76-58(70)32-35-74-56(68)5-2/h5-6,13-15,17-18,20-31,41-42,77H,2-4,7-12,32-40H2,1H3/b65-42+. The van der Waals surface area contributed by atoms with Crippen LogP contribution in [0.25, 0.3) is 43.2 Å². The van der Waals surface area contributed by atoms with E-state index in [1.807, 2.05) is 65.7 Å². The highest BCUT2D eigenvalue weighted by Crippen LogP contribution is 2.37. The number of thiazole rings is 1. The number of aromatic nitrogens is 1. The molecule has 0 unspecified atom stereocenters. The fourth-order valence-electron chi connectivity index (χ4n) is 8.02. The maximum Gasteiger partial charge on any atom is 0.330 e. The molecular formula is C62H61F2N3O9S2. The number of para-hydroxylation sites is 1. The maximum atomic E-state index is 17.1. The van der Waals surface area contributed by atoms with Gasteiger partial charge in [0.1, 0.15) is 67.4 Å². The van der Waals surface area contributed by atoms with E-state index in [9.17, 15) is 14.4 Å². The number of ether oxygens (including phenoxy) is 6. The first-order chi connectivity index (χ1) is 38.1. The molecule has 0 fully saturated rings. The summed E-state index contributed by atoms with van der Waals surface area (Å²) in [6.45, 7) is 10.2. The second kappa shape index (κ2) is 30.1. The number of carbonyl (C=O) groups excluding carboxylic acids is 3. The molecule has 0 aliphatic heterocycles. The highest BCUT2D eigenvalue weighted by Gasteiger charge is 2.19. The molecule has 16 heteroatoms. The lowest BCUT2D eigenvalue weighted by molar-refractivity contribution is -0.147. The van der Waals surface area contributed by atoms with Crippen LogP contribution in [0.4, 0.5) is 13.9 Å². The van der Waals surface area contributed by atoms with E-state index in [1.165, 1.54) is 17.4 Å². The van der Waals surface area contributed by atoms with E-state index in [2.05, 4.69) is 44.6 Å². The Morgan fingerprint density at radius 2 is 1.35 bits per heavy atom. The van der Waals surface area contributed by atoms with Gasteiger partial charge in [0.2, 0.25) is 5.13 Å². The molecule has 0 aliphatic rings. The van der Waals surface area contributed by atoms with Crippen molar-refractivity contribution in [1.82, 2.24) is 4.98 Å². The van der Waals surface area contributed by atoms with Crippen LogP contribution in [0.1, 0.15) is 75.0 Å². The third-order valence-corrected chi connectivity index (χ3v) is 13.5. The highest BCUT2D eigenvalue weighted by molar-refractivity contribution is 7.80.